The molecule has 0 fully saturated rings. The lowest BCUT2D eigenvalue weighted by Crippen LogP contribution is -2.43. The third kappa shape index (κ3) is 68.0. The van der Waals surface area contributed by atoms with Gasteiger partial charge in [-0.25, -0.2) is 0 Å². The monoisotopic (exact) mass is 1380 g/mol. The predicted octanol–water partition coefficient (Wildman–Crippen LogP) is 21.7. The first kappa shape index (κ1) is 92.9. The molecule has 0 saturated heterocycles. The first-order chi connectivity index (χ1) is 46.9. The molecule has 0 saturated carbocycles. The molecular weight excluding hydrogens is 1230 g/mol. The minimum atomic E-state index is -5.70. The van der Waals surface area contributed by atoms with Gasteiger partial charge in [0.1, 0.15) is 25.2 Å². The highest BCUT2D eigenvalue weighted by atomic mass is 31.2. The Bertz CT molecular complexity index is 1900. The summed E-state index contributed by atoms with van der Waals surface area (Å²) in [5, 5.41) is 11.2. The summed E-state index contributed by atoms with van der Waals surface area (Å²) in [6, 6.07) is 0. The van der Waals surface area contributed by atoms with Gasteiger partial charge >= 0.3 is 23.9 Å². The number of allylic oxidation sites excluding steroid dienone is 8. The van der Waals surface area contributed by atoms with Crippen LogP contribution in [0.15, 0.2) is 48.6 Å². The average Bonchev–Trinajstić information content (AvgIpc) is 1.10. The van der Waals surface area contributed by atoms with Crippen molar-refractivity contribution >= 4 is 31.5 Å². The molecule has 0 spiro atoms. The van der Waals surface area contributed by atoms with Crippen LogP contribution in [0.3, 0.4) is 0 Å². The largest absolute Gasteiger partial charge is 0.809 e. The van der Waals surface area contributed by atoms with Crippen LogP contribution in [0.25, 0.3) is 0 Å². The summed E-state index contributed by atoms with van der Waals surface area (Å²) in [4.78, 5) is 77.7. The van der Waals surface area contributed by atoms with E-state index in [2.05, 4.69) is 76.3 Å². The van der Waals surface area contributed by atoms with E-state index in [1.54, 1.807) is 0 Å². The van der Waals surface area contributed by atoms with E-state index in [4.69, 9.17) is 28.4 Å². The number of aliphatic hydroxyl groups excluding tert-OH is 1. The van der Waals surface area contributed by atoms with Crippen LogP contribution in [0.1, 0.15) is 387 Å². The number of hydrogen-bond donors (Lipinski definition) is 1. The van der Waals surface area contributed by atoms with Gasteiger partial charge in [-0.05, 0) is 136 Å². The second-order valence-electron chi connectivity index (χ2n) is 27.3. The minimum absolute atomic E-state index is 0.0786. The van der Waals surface area contributed by atoms with Gasteiger partial charge in [0.25, 0.3) is 0 Å². The van der Waals surface area contributed by atoms with Crippen molar-refractivity contribution in [3.8, 4) is 0 Å². The summed E-state index contributed by atoms with van der Waals surface area (Å²) >= 11 is 0. The standard InChI is InChI=1S/C81H149O14P/c1-5-9-13-17-21-25-29-33-37-41-45-49-53-57-61-65-77(83)91-70-74(94-79(85)67-63-59-55-51-47-43-39-35-31-27-23-19-15-11-7-3)69-90-73-76(82)81(96(87,88)89)93-72-75(95-80(86)68-64-60-56-52-48-44-40-36-32-28-24-20-16-12-8-4)71-92-78(84)66-62-58-54-50-46-42-38-34-30-26-22-18-14-10-6-2/h33-40,74-76,81-82H,5-32,41-73H2,1-4H3,(H2,87,88,89)/p-2/t74-,75+,76-,81?/m0/s1. The van der Waals surface area contributed by atoms with Crippen molar-refractivity contribution in [2.24, 2.45) is 0 Å². The summed E-state index contributed by atoms with van der Waals surface area (Å²) < 4.78 is 46.5. The molecule has 0 heterocycles. The van der Waals surface area contributed by atoms with E-state index in [-0.39, 0.29) is 38.9 Å². The number of unbranched alkanes of at least 4 members (excludes halogenated alkanes) is 44. The molecular formula is C81H147O14P-2. The van der Waals surface area contributed by atoms with E-state index in [9.17, 15) is 38.6 Å². The van der Waals surface area contributed by atoms with Crippen LogP contribution in [0.4, 0.5) is 0 Å². The fourth-order valence-corrected chi connectivity index (χ4v) is 12.4. The van der Waals surface area contributed by atoms with Crippen LogP contribution in [0, 0.1) is 0 Å². The van der Waals surface area contributed by atoms with Crippen LogP contribution in [-0.4, -0.2) is 86.2 Å². The summed E-state index contributed by atoms with van der Waals surface area (Å²) in [6.07, 6.45) is 72.6. The maximum absolute atomic E-state index is 13.2. The Hall–Kier alpha value is -3.13. The van der Waals surface area contributed by atoms with Crippen molar-refractivity contribution in [3.05, 3.63) is 48.6 Å². The van der Waals surface area contributed by atoms with E-state index >= 15 is 0 Å². The van der Waals surface area contributed by atoms with Gasteiger partial charge in [0.15, 0.2) is 12.2 Å². The first-order valence-electron chi connectivity index (χ1n) is 40.1. The summed E-state index contributed by atoms with van der Waals surface area (Å²) in [5.41, 5.74) is 0. The molecule has 1 N–H and O–H groups in total. The van der Waals surface area contributed by atoms with Gasteiger partial charge in [-0.2, -0.15) is 0 Å². The molecule has 0 amide bonds. The van der Waals surface area contributed by atoms with Crippen molar-refractivity contribution in [1.29, 1.82) is 0 Å². The van der Waals surface area contributed by atoms with Gasteiger partial charge in [0.2, 0.25) is 0 Å². The van der Waals surface area contributed by atoms with E-state index in [1.807, 2.05) is 0 Å². The fourth-order valence-electron chi connectivity index (χ4n) is 11.6. The zero-order chi connectivity index (χ0) is 70.2. The highest BCUT2D eigenvalue weighted by molar-refractivity contribution is 7.49. The van der Waals surface area contributed by atoms with E-state index in [0.717, 1.165) is 154 Å². The Kier molecular flexibility index (Phi) is 70.7. The van der Waals surface area contributed by atoms with E-state index in [0.29, 0.717) is 25.7 Å². The van der Waals surface area contributed by atoms with Crippen molar-refractivity contribution in [2.45, 2.75) is 411 Å². The highest BCUT2D eigenvalue weighted by Gasteiger charge is 2.28. The molecule has 0 aromatic heterocycles. The summed E-state index contributed by atoms with van der Waals surface area (Å²) in [7, 11) is -5.70. The van der Waals surface area contributed by atoms with Gasteiger partial charge in [0.05, 0.1) is 19.8 Å². The molecule has 0 aliphatic heterocycles. The normalized spacial score (nSPS) is 13.4. The second-order valence-corrected chi connectivity index (χ2v) is 28.9. The lowest BCUT2D eigenvalue weighted by Gasteiger charge is -2.40. The first-order valence-corrected chi connectivity index (χ1v) is 41.7. The molecule has 0 rings (SSSR count). The number of ether oxygens (including phenoxy) is 6. The highest BCUT2D eigenvalue weighted by Crippen LogP contribution is 2.35. The average molecular weight is 1380 g/mol. The van der Waals surface area contributed by atoms with Gasteiger partial charge in [-0.15, -0.1) is 0 Å². The number of rotatable bonds is 75. The number of aliphatic hydroxyl groups is 1. The topological polar surface area (TPSA) is 207 Å². The van der Waals surface area contributed by atoms with Crippen LogP contribution in [-0.2, 0) is 52.2 Å². The van der Waals surface area contributed by atoms with Crippen LogP contribution in [0.2, 0.25) is 0 Å². The quantitative estimate of drug-likeness (QED) is 0.0198. The number of carbonyl (C=O) groups is 4. The second kappa shape index (κ2) is 73.1. The van der Waals surface area contributed by atoms with Gasteiger partial charge < -0.3 is 47.9 Å². The van der Waals surface area contributed by atoms with Gasteiger partial charge in [-0.3, -0.25) is 19.2 Å². The lowest BCUT2D eigenvalue weighted by atomic mass is 10.1. The maximum atomic E-state index is 13.2. The molecule has 562 valence electrons. The van der Waals surface area contributed by atoms with Crippen molar-refractivity contribution < 1.29 is 67.1 Å². The smallest absolute Gasteiger partial charge is 0.306 e. The third-order valence-corrected chi connectivity index (χ3v) is 18.8. The number of esters is 4. The molecule has 0 aliphatic carbocycles. The Morgan fingerprint density at radius 3 is 0.802 bits per heavy atom. The molecule has 0 bridgehead atoms. The SMILES string of the molecule is CCCCCCCCC=CCCCCCCCC(=O)OC[C@H](COC([C@@H](O)COC[C@@H](COC(=O)CCCCCCCC=CCCCCCCCC)OC(=O)CCCCCCCC=CCCCCCCCC)P(=O)([O-])[O-])OC(=O)CCCCCCCC=CCCCCCCCC. The minimum Gasteiger partial charge on any atom is -0.809 e. The summed E-state index contributed by atoms with van der Waals surface area (Å²) in [6.45, 7) is 6.41. The Morgan fingerprint density at radius 1 is 0.312 bits per heavy atom. The number of carbonyl (C=O) groups excluding carboxylic acids is 4. The molecule has 0 aromatic rings. The Morgan fingerprint density at radius 2 is 0.542 bits per heavy atom. The molecule has 0 aliphatic rings. The molecule has 0 radical (unpaired) electrons. The Balaban J connectivity index is 5.56. The fraction of sp³-hybridized carbons (Fsp3) is 0.852. The Labute approximate surface area is 588 Å². The molecule has 1 unspecified atom stereocenters. The predicted molar refractivity (Wildman–Crippen MR) is 394 cm³/mol. The van der Waals surface area contributed by atoms with Crippen LogP contribution >= 0.6 is 7.60 Å². The van der Waals surface area contributed by atoms with Crippen LogP contribution < -0.4 is 9.79 Å². The molecule has 14 nitrogen and oxygen atoms in total. The number of hydrogen-bond acceptors (Lipinski definition) is 14. The lowest BCUT2D eigenvalue weighted by molar-refractivity contribution is -0.327. The van der Waals surface area contributed by atoms with Gasteiger partial charge in [-0.1, -0.05) is 282 Å². The van der Waals surface area contributed by atoms with Gasteiger partial charge in [0, 0.05) is 25.7 Å². The zero-order valence-electron chi connectivity index (χ0n) is 62.3. The zero-order valence-corrected chi connectivity index (χ0v) is 63.2. The molecule has 96 heavy (non-hydrogen) atoms. The van der Waals surface area contributed by atoms with Crippen molar-refractivity contribution in [2.75, 3.05) is 33.0 Å². The summed E-state index contributed by atoms with van der Waals surface area (Å²) in [5.74, 6) is -4.39. The molecule has 0 aromatic carbocycles. The van der Waals surface area contributed by atoms with Crippen molar-refractivity contribution in [3.63, 3.8) is 0 Å². The van der Waals surface area contributed by atoms with Crippen molar-refractivity contribution in [1.82, 2.24) is 0 Å². The molecule has 4 atom stereocenters. The van der Waals surface area contributed by atoms with Crippen LogP contribution in [0.5, 0.6) is 0 Å². The van der Waals surface area contributed by atoms with E-state index in [1.165, 1.54) is 154 Å². The molecule has 15 heteroatoms. The van der Waals surface area contributed by atoms with E-state index < -0.39 is 75.5 Å². The maximum Gasteiger partial charge on any atom is 0.306 e. The third-order valence-electron chi connectivity index (χ3n) is 17.7.